The van der Waals surface area contributed by atoms with Crippen molar-refractivity contribution in [1.82, 2.24) is 4.98 Å². The third-order valence-electron chi connectivity index (χ3n) is 3.60. The summed E-state index contributed by atoms with van der Waals surface area (Å²) in [6.45, 7) is 4.13. The summed E-state index contributed by atoms with van der Waals surface area (Å²) in [5.74, 6) is 1.34. The van der Waals surface area contributed by atoms with Gasteiger partial charge in [-0.15, -0.1) is 0 Å². The second-order valence-corrected chi connectivity index (χ2v) is 5.49. The predicted octanol–water partition coefficient (Wildman–Crippen LogP) is 4.68. The second-order valence-electron chi connectivity index (χ2n) is 5.05. The van der Waals surface area contributed by atoms with Gasteiger partial charge in [-0.2, -0.15) is 0 Å². The molecule has 0 amide bonds. The van der Waals surface area contributed by atoms with Crippen LogP contribution in [0.25, 0.3) is 5.57 Å². The zero-order valence-electron chi connectivity index (χ0n) is 11.4. The highest BCUT2D eigenvalue weighted by atomic mass is 35.5. The maximum absolute atomic E-state index is 5.91. The van der Waals surface area contributed by atoms with Crippen LogP contribution < -0.4 is 4.74 Å². The van der Waals surface area contributed by atoms with E-state index < -0.39 is 0 Å². The van der Waals surface area contributed by atoms with Crippen LogP contribution in [0.1, 0.15) is 35.6 Å². The van der Waals surface area contributed by atoms with Crippen molar-refractivity contribution in [1.29, 1.82) is 0 Å². The van der Waals surface area contributed by atoms with Crippen LogP contribution in [0.4, 0.5) is 0 Å². The van der Waals surface area contributed by atoms with Crippen LogP contribution in [0.3, 0.4) is 0 Å². The molecular weight excluding hydrogens is 270 g/mol. The molecule has 3 heteroatoms. The quantitative estimate of drug-likeness (QED) is 0.813. The Labute approximate surface area is 124 Å². The van der Waals surface area contributed by atoms with Crippen molar-refractivity contribution in [3.8, 4) is 5.88 Å². The zero-order chi connectivity index (χ0) is 14.1. The first-order valence-corrected chi connectivity index (χ1v) is 7.07. The number of methoxy groups -OCH3 is 1. The van der Waals surface area contributed by atoms with Crippen molar-refractivity contribution < 1.29 is 4.74 Å². The van der Waals surface area contributed by atoms with Crippen LogP contribution in [-0.4, -0.2) is 12.1 Å². The van der Waals surface area contributed by atoms with Crippen LogP contribution in [0.2, 0.25) is 5.02 Å². The van der Waals surface area contributed by atoms with Crippen LogP contribution in [0, 0.1) is 0 Å². The molecule has 20 heavy (non-hydrogen) atoms. The van der Waals surface area contributed by atoms with Gasteiger partial charge >= 0.3 is 0 Å². The smallest absolute Gasteiger partial charge is 0.217 e. The minimum atomic E-state index is 0.621. The van der Waals surface area contributed by atoms with E-state index in [2.05, 4.69) is 17.6 Å². The molecule has 0 bridgehead atoms. The average Bonchev–Trinajstić information content (AvgIpc) is 3.31. The molecule has 0 N–H and O–H groups in total. The molecule has 1 aliphatic rings. The van der Waals surface area contributed by atoms with Crippen molar-refractivity contribution in [2.24, 2.45) is 0 Å². The molecule has 1 aliphatic carbocycles. The molecule has 0 spiro atoms. The fraction of sp³-hybridized carbons (Fsp3) is 0.235. The molecule has 0 saturated heterocycles. The largest absolute Gasteiger partial charge is 0.481 e. The monoisotopic (exact) mass is 285 g/mol. The predicted molar refractivity (Wildman–Crippen MR) is 82.4 cm³/mol. The minimum Gasteiger partial charge on any atom is -0.481 e. The summed E-state index contributed by atoms with van der Waals surface area (Å²) in [6, 6.07) is 11.8. The van der Waals surface area contributed by atoms with Crippen molar-refractivity contribution in [2.45, 2.75) is 18.8 Å². The molecule has 102 valence electrons. The Morgan fingerprint density at radius 1 is 1.20 bits per heavy atom. The molecule has 1 heterocycles. The fourth-order valence-corrected chi connectivity index (χ4v) is 2.41. The Morgan fingerprint density at radius 3 is 2.50 bits per heavy atom. The third kappa shape index (κ3) is 2.56. The first-order chi connectivity index (χ1) is 9.69. The number of hydrogen-bond acceptors (Lipinski definition) is 2. The molecule has 0 atom stereocenters. The SMILES string of the molecule is C=C(c1ccc(Cl)cc1)c1ccc(C2CC2)c(OC)n1. The van der Waals surface area contributed by atoms with Gasteiger partial charge in [0.25, 0.3) is 0 Å². The number of hydrogen-bond donors (Lipinski definition) is 0. The van der Waals surface area contributed by atoms with Crippen LogP contribution in [-0.2, 0) is 0 Å². The summed E-state index contributed by atoms with van der Waals surface area (Å²) < 4.78 is 5.42. The van der Waals surface area contributed by atoms with Crippen LogP contribution in [0.15, 0.2) is 43.0 Å². The van der Waals surface area contributed by atoms with Crippen LogP contribution >= 0.6 is 11.6 Å². The van der Waals surface area contributed by atoms with E-state index in [1.54, 1.807) is 7.11 Å². The average molecular weight is 286 g/mol. The van der Waals surface area contributed by atoms with Gasteiger partial charge in [-0.05, 0) is 42.5 Å². The Hall–Kier alpha value is -1.80. The Kier molecular flexibility index (Phi) is 3.49. The summed E-state index contributed by atoms with van der Waals surface area (Å²) in [4.78, 5) is 4.60. The fourth-order valence-electron chi connectivity index (χ4n) is 2.29. The lowest BCUT2D eigenvalue weighted by atomic mass is 10.0. The first kappa shape index (κ1) is 13.2. The Bertz CT molecular complexity index is 645. The maximum atomic E-state index is 5.91. The minimum absolute atomic E-state index is 0.621. The van der Waals surface area contributed by atoms with Gasteiger partial charge in [-0.1, -0.05) is 36.4 Å². The van der Waals surface area contributed by atoms with Gasteiger partial charge in [-0.3, -0.25) is 0 Å². The highest BCUT2D eigenvalue weighted by Gasteiger charge is 2.27. The van der Waals surface area contributed by atoms with Gasteiger partial charge < -0.3 is 4.74 Å². The Morgan fingerprint density at radius 2 is 1.90 bits per heavy atom. The number of aromatic nitrogens is 1. The number of ether oxygens (including phenoxy) is 1. The maximum Gasteiger partial charge on any atom is 0.217 e. The summed E-state index contributed by atoms with van der Waals surface area (Å²) in [5.41, 5.74) is 3.94. The van der Waals surface area contributed by atoms with E-state index in [0.29, 0.717) is 5.92 Å². The molecular formula is C17H16ClNO. The molecule has 1 fully saturated rings. The van der Waals surface area contributed by atoms with E-state index in [0.717, 1.165) is 27.7 Å². The second kappa shape index (κ2) is 5.29. The summed E-state index contributed by atoms with van der Waals surface area (Å²) >= 11 is 5.91. The van der Waals surface area contributed by atoms with Crippen molar-refractivity contribution in [2.75, 3.05) is 7.11 Å². The summed E-state index contributed by atoms with van der Waals surface area (Å²) in [7, 11) is 1.67. The number of benzene rings is 1. The van der Waals surface area contributed by atoms with Gasteiger partial charge in [0.1, 0.15) is 0 Å². The van der Waals surface area contributed by atoms with Crippen LogP contribution in [0.5, 0.6) is 5.88 Å². The van der Waals surface area contributed by atoms with E-state index in [4.69, 9.17) is 16.3 Å². The first-order valence-electron chi connectivity index (χ1n) is 6.69. The number of halogens is 1. The Balaban J connectivity index is 1.93. The van der Waals surface area contributed by atoms with Gasteiger partial charge in [0, 0.05) is 16.2 Å². The molecule has 1 saturated carbocycles. The summed E-state index contributed by atoms with van der Waals surface area (Å²) in [6.07, 6.45) is 2.46. The number of nitrogens with zero attached hydrogens (tertiary/aromatic N) is 1. The lowest BCUT2D eigenvalue weighted by molar-refractivity contribution is 0.392. The molecule has 0 radical (unpaired) electrons. The molecule has 2 aromatic rings. The molecule has 0 unspecified atom stereocenters. The molecule has 2 nitrogen and oxygen atoms in total. The molecule has 1 aromatic heterocycles. The lowest BCUT2D eigenvalue weighted by Crippen LogP contribution is -1.98. The van der Waals surface area contributed by atoms with E-state index in [1.165, 1.54) is 18.4 Å². The zero-order valence-corrected chi connectivity index (χ0v) is 12.2. The van der Waals surface area contributed by atoms with Crippen molar-refractivity contribution in [3.05, 3.63) is 64.8 Å². The van der Waals surface area contributed by atoms with Gasteiger partial charge in [-0.25, -0.2) is 4.98 Å². The number of rotatable bonds is 4. The van der Waals surface area contributed by atoms with E-state index in [1.807, 2.05) is 30.3 Å². The summed E-state index contributed by atoms with van der Waals surface area (Å²) in [5, 5.41) is 0.719. The topological polar surface area (TPSA) is 22.1 Å². The molecule has 0 aliphatic heterocycles. The number of pyridine rings is 1. The third-order valence-corrected chi connectivity index (χ3v) is 3.85. The van der Waals surface area contributed by atoms with Gasteiger partial charge in [0.05, 0.1) is 12.8 Å². The molecule has 3 rings (SSSR count). The highest BCUT2D eigenvalue weighted by Crippen LogP contribution is 2.44. The van der Waals surface area contributed by atoms with Crippen molar-refractivity contribution in [3.63, 3.8) is 0 Å². The highest BCUT2D eigenvalue weighted by molar-refractivity contribution is 6.30. The van der Waals surface area contributed by atoms with E-state index in [-0.39, 0.29) is 0 Å². The van der Waals surface area contributed by atoms with E-state index >= 15 is 0 Å². The van der Waals surface area contributed by atoms with Crippen molar-refractivity contribution >= 4 is 17.2 Å². The lowest BCUT2D eigenvalue weighted by Gasteiger charge is -2.11. The van der Waals surface area contributed by atoms with Gasteiger partial charge in [0.15, 0.2) is 0 Å². The standard InChI is InChI=1S/C17H16ClNO/c1-11(12-5-7-14(18)8-6-12)16-10-9-15(13-3-4-13)17(19-16)20-2/h5-10,13H,1,3-4H2,2H3. The van der Waals surface area contributed by atoms with E-state index in [9.17, 15) is 0 Å². The van der Waals surface area contributed by atoms with Gasteiger partial charge in [0.2, 0.25) is 5.88 Å². The normalized spacial score (nSPS) is 14.1. The molecule has 1 aromatic carbocycles.